The Kier molecular flexibility index (Phi) is 24.0. The Balaban J connectivity index is 0.000000121. The molecule has 12 atom stereocenters. The number of anilines is 4. The van der Waals surface area contributed by atoms with Crippen LogP contribution in [0.15, 0.2) is 146 Å². The number of aromatic nitrogens is 12. The topological polar surface area (TPSA) is 528 Å². The van der Waals surface area contributed by atoms with E-state index in [1.807, 2.05) is 30.3 Å². The lowest BCUT2D eigenvalue weighted by Gasteiger charge is -2.15. The molecular formula is C88H66F8N24O9. The average molecular weight is 1760 g/mol. The van der Waals surface area contributed by atoms with Crippen LogP contribution in [-0.2, 0) is 44.9 Å². The number of rotatable bonds is 15. The van der Waals surface area contributed by atoms with Gasteiger partial charge in [-0.2, -0.15) is 21.0 Å². The minimum Gasteiger partial charge on any atom is -0.475 e. The van der Waals surface area contributed by atoms with E-state index in [0.29, 0.717) is 113 Å². The molecule has 8 heterocycles. The van der Waals surface area contributed by atoms with Gasteiger partial charge in [-0.15, -0.1) is 20.4 Å². The van der Waals surface area contributed by atoms with Gasteiger partial charge < -0.3 is 48.1 Å². The number of aromatic amines is 4. The first-order valence-electron chi connectivity index (χ1n) is 39.8. The molecule has 4 aliphatic heterocycles. The van der Waals surface area contributed by atoms with Gasteiger partial charge in [0.15, 0.2) is 0 Å². The normalized spacial score (nSPS) is 20.7. The van der Waals surface area contributed by atoms with Gasteiger partial charge in [-0.25, -0.2) is 59.9 Å². The minimum absolute atomic E-state index is 0.00847. The first-order valence-corrected chi connectivity index (χ1v) is 39.8. The maximum Gasteiger partial charge on any atom is 0.375 e. The molecule has 20 rings (SSSR count). The number of H-pyrrole nitrogens is 4. The quantitative estimate of drug-likeness (QED) is 0.0425. The number of hydrogen-bond acceptors (Lipinski definition) is 21. The number of fused-ring (bicyclic) bond motifs is 12. The van der Waals surface area contributed by atoms with Crippen LogP contribution in [0.5, 0.6) is 0 Å². The van der Waals surface area contributed by atoms with Gasteiger partial charge in [0.2, 0.25) is 41.1 Å². The Hall–Kier alpha value is -16.6. The summed E-state index contributed by atoms with van der Waals surface area (Å²) in [6.45, 7) is 0. The molecule has 0 bridgehead atoms. The van der Waals surface area contributed by atoms with Gasteiger partial charge in [0.1, 0.15) is 88.0 Å². The number of nitrogens with zero attached hydrogens (tertiary/aromatic N) is 12. The number of amides is 7. The van der Waals surface area contributed by atoms with E-state index in [4.69, 9.17) is 31.9 Å². The molecule has 4 fully saturated rings. The van der Waals surface area contributed by atoms with E-state index in [9.17, 15) is 73.5 Å². The van der Waals surface area contributed by atoms with E-state index in [0.717, 1.165) is 52.9 Å². The summed E-state index contributed by atoms with van der Waals surface area (Å²) in [6, 6.07) is 40.6. The number of carboxylic acid groups (broad SMARTS) is 1. The SMILES string of the molecule is N#Cc1cccc(Cc2nc(C(=O)N[C@@H]3C(=O)Nc4c(F)cc(F)cc4[C@@H]4C[C@H]34)n[nH]2)c1.N#Cc1cccc(Cc2nc(C(=O)N[C@@H]3C(=O)Nc4c(F)cc(F)cc4[C@@H]4C[C@H]34)n[nH]2)c1.N#Cc1cccc(Cc2nc(C(=O)N[C@H]3C(=O)Nc4c(F)cc(F)cc4[C@H]4C[C@H]43)n[nH]2)c1.N#Cc1cccc(Cc2nc(C(=O)O)n[nH]2)c1.N[C@@H]1C(=O)Nc2c(F)cc(F)cc2[C@@H]2C[C@H]12. The summed E-state index contributed by atoms with van der Waals surface area (Å²) in [4.78, 5) is 115. The van der Waals surface area contributed by atoms with E-state index >= 15 is 0 Å². The highest BCUT2D eigenvalue weighted by Gasteiger charge is 2.55. The van der Waals surface area contributed by atoms with Crippen LogP contribution in [0.2, 0.25) is 0 Å². The van der Waals surface area contributed by atoms with E-state index in [1.54, 1.807) is 72.8 Å². The van der Waals surface area contributed by atoms with E-state index in [2.05, 4.69) is 116 Å². The summed E-state index contributed by atoms with van der Waals surface area (Å²) >= 11 is 0. The summed E-state index contributed by atoms with van der Waals surface area (Å²) in [6.07, 6.45) is 3.74. The highest BCUT2D eigenvalue weighted by atomic mass is 19.2. The fourth-order valence-electron chi connectivity index (χ4n) is 16.3. The van der Waals surface area contributed by atoms with Crippen LogP contribution in [0, 0.1) is 116 Å². The van der Waals surface area contributed by atoms with Crippen molar-refractivity contribution in [1.29, 1.82) is 21.0 Å². The molecule has 4 saturated carbocycles. The first-order chi connectivity index (χ1) is 62.0. The number of benzene rings is 8. The standard InChI is InChI=1S/3C22H16F2N6O2.C11H10F2N2O.C11H8N4O2/c3*23-12-6-14-13-8-15(13)19(21(31)27-18(14)16(24)7-12)28-22(32)20-26-17(29-30-20)5-10-2-1-3-11(4-10)9-25;12-4-1-7-5-3-6(5)9(14)11(16)15-10(7)8(13)2-4;12-6-8-3-1-2-7(4-8)5-9-13-10(11(16)17)15-14-9/h3*1-4,6-7,13,15,19H,5,8H2,(H,27,31)(H,28,32)(H,26,29,30);1-2,5-6,9H,3,14H2,(H,15,16);1-4H,5H2,(H,16,17)(H,13,14,15)/t3*13-,15-,19-;5-,6+,9+;/m1001./s1. The molecule has 0 radical (unpaired) electrons. The largest absolute Gasteiger partial charge is 0.475 e. The van der Waals surface area contributed by atoms with Crippen molar-refractivity contribution < 1.29 is 78.6 Å². The number of halogens is 8. The molecular weight excluding hydrogens is 1690 g/mol. The zero-order valence-corrected chi connectivity index (χ0v) is 66.6. The molecule has 41 heteroatoms. The van der Waals surface area contributed by atoms with Crippen molar-refractivity contribution in [3.05, 3.63) is 305 Å². The summed E-state index contributed by atoms with van der Waals surface area (Å²) in [5, 5.41) is 88.0. The third-order valence-electron chi connectivity index (χ3n) is 22.7. The Labute approximate surface area is 722 Å². The van der Waals surface area contributed by atoms with E-state index in [1.165, 1.54) is 24.3 Å². The lowest BCUT2D eigenvalue weighted by atomic mass is 10.1. The van der Waals surface area contributed by atoms with Gasteiger partial charge in [0.25, 0.3) is 23.5 Å². The van der Waals surface area contributed by atoms with Gasteiger partial charge in [0, 0.05) is 49.9 Å². The first kappa shape index (κ1) is 86.0. The average Bonchev–Trinajstić information content (AvgIpc) is 1.63. The molecule has 7 amide bonds. The highest BCUT2D eigenvalue weighted by Crippen LogP contribution is 2.57. The summed E-state index contributed by atoms with van der Waals surface area (Å²) in [5.41, 5.74) is 12.8. The van der Waals surface area contributed by atoms with Crippen molar-refractivity contribution in [2.45, 2.75) is 99.2 Å². The molecule has 8 aromatic carbocycles. The van der Waals surface area contributed by atoms with Crippen molar-refractivity contribution >= 4 is 70.1 Å². The highest BCUT2D eigenvalue weighted by molar-refractivity contribution is 6.04. The molecule has 4 aliphatic carbocycles. The summed E-state index contributed by atoms with van der Waals surface area (Å²) in [5.74, 6) is -11.7. The minimum atomic E-state index is -1.17. The fraction of sp³-hybridized carbons (Fsp3) is 0.227. The van der Waals surface area contributed by atoms with Crippen LogP contribution in [0.1, 0.15) is 182 Å². The van der Waals surface area contributed by atoms with E-state index in [-0.39, 0.29) is 93.4 Å². The second-order valence-electron chi connectivity index (χ2n) is 31.5. The Morgan fingerprint density at radius 2 is 0.612 bits per heavy atom. The van der Waals surface area contributed by atoms with Crippen molar-refractivity contribution in [3.63, 3.8) is 0 Å². The number of nitrogens with one attached hydrogen (secondary N) is 11. The third-order valence-corrected chi connectivity index (χ3v) is 22.7. The predicted octanol–water partition coefficient (Wildman–Crippen LogP) is 9.51. The van der Waals surface area contributed by atoms with E-state index < -0.39 is 118 Å². The molecule has 648 valence electrons. The molecule has 12 aromatic rings. The zero-order valence-electron chi connectivity index (χ0n) is 66.6. The number of carbonyl (C=O) groups is 8. The lowest BCUT2D eigenvalue weighted by molar-refractivity contribution is -0.119. The van der Waals surface area contributed by atoms with Gasteiger partial charge in [0.05, 0.1) is 75.3 Å². The van der Waals surface area contributed by atoms with Crippen molar-refractivity contribution in [2.24, 2.45) is 29.4 Å². The van der Waals surface area contributed by atoms with Crippen molar-refractivity contribution in [2.75, 3.05) is 21.3 Å². The number of nitrogens with two attached hydrogens (primary N) is 1. The molecule has 4 aromatic heterocycles. The van der Waals surface area contributed by atoms with Gasteiger partial charge >= 0.3 is 5.97 Å². The zero-order chi connectivity index (χ0) is 90.9. The Morgan fingerprint density at radius 1 is 0.364 bits per heavy atom. The molecule has 0 unspecified atom stereocenters. The Bertz CT molecular complexity index is 6300. The van der Waals surface area contributed by atoms with Crippen molar-refractivity contribution in [3.8, 4) is 24.3 Å². The second kappa shape index (κ2) is 36.0. The fourth-order valence-corrected chi connectivity index (χ4v) is 16.3. The van der Waals surface area contributed by atoms with Crippen LogP contribution in [-0.4, -0.2) is 137 Å². The number of carboxylic acids is 1. The molecule has 129 heavy (non-hydrogen) atoms. The maximum atomic E-state index is 14.2. The van der Waals surface area contributed by atoms with Crippen LogP contribution in [0.3, 0.4) is 0 Å². The molecule has 33 nitrogen and oxygen atoms in total. The van der Waals surface area contributed by atoms with Crippen LogP contribution in [0.25, 0.3) is 0 Å². The monoisotopic (exact) mass is 1750 g/mol. The van der Waals surface area contributed by atoms with Crippen LogP contribution in [0.4, 0.5) is 57.9 Å². The summed E-state index contributed by atoms with van der Waals surface area (Å²) in [7, 11) is 0. The van der Waals surface area contributed by atoms with Crippen molar-refractivity contribution in [1.82, 2.24) is 76.7 Å². The molecule has 8 aliphatic rings. The van der Waals surface area contributed by atoms with Gasteiger partial charge in [-0.3, -0.25) is 54.0 Å². The van der Waals surface area contributed by atoms with Crippen LogP contribution >= 0.6 is 0 Å². The maximum absolute atomic E-state index is 14.2. The Morgan fingerprint density at radius 3 is 0.876 bits per heavy atom. The number of nitriles is 4. The summed E-state index contributed by atoms with van der Waals surface area (Å²) < 4.78 is 110. The lowest BCUT2D eigenvalue weighted by Crippen LogP contribution is -2.45. The molecule has 14 N–H and O–H groups in total. The van der Waals surface area contributed by atoms with Gasteiger partial charge in [-0.05, 0) is 190 Å². The predicted molar refractivity (Wildman–Crippen MR) is 433 cm³/mol. The number of aromatic carboxylic acids is 1. The third kappa shape index (κ3) is 19.2. The molecule has 0 spiro atoms. The number of carbonyl (C=O) groups excluding carboxylic acids is 7. The number of hydrogen-bond donors (Lipinski definition) is 13. The van der Waals surface area contributed by atoms with Gasteiger partial charge in [-0.1, -0.05) is 48.5 Å². The second-order valence-corrected chi connectivity index (χ2v) is 31.5. The smallest absolute Gasteiger partial charge is 0.375 e. The van der Waals surface area contributed by atoms with Crippen LogP contribution < -0.4 is 43.0 Å². The molecule has 0 saturated heterocycles.